The van der Waals surface area contributed by atoms with Crippen LogP contribution in [0.1, 0.15) is 42.2 Å². The summed E-state index contributed by atoms with van der Waals surface area (Å²) in [7, 11) is 0. The maximum atomic E-state index is 11.0. The van der Waals surface area contributed by atoms with Gasteiger partial charge in [0.15, 0.2) is 6.10 Å². The number of benzene rings is 2. The van der Waals surface area contributed by atoms with Crippen molar-refractivity contribution in [3.8, 4) is 5.75 Å². The second-order valence-corrected chi connectivity index (χ2v) is 5.38. The highest BCUT2D eigenvalue weighted by atomic mass is 16.5. The largest absolute Gasteiger partial charge is 0.489 e. The molecule has 0 saturated carbocycles. The van der Waals surface area contributed by atoms with Crippen LogP contribution in [0.3, 0.4) is 0 Å². The number of carbonyl (C=O) groups is 1. The molecule has 0 bridgehead atoms. The second kappa shape index (κ2) is 7.79. The maximum absolute atomic E-state index is 11.0. The average molecular weight is 314 g/mol. The first-order valence-corrected chi connectivity index (χ1v) is 7.80. The average Bonchev–Trinajstić information content (AvgIpc) is 2.59. The lowest BCUT2D eigenvalue weighted by molar-refractivity contribution is -0.147. The Bertz CT molecular complexity index is 679. The van der Waals surface area contributed by atoms with Crippen LogP contribution >= 0.6 is 0 Å². The fourth-order valence-corrected chi connectivity index (χ4v) is 2.49. The lowest BCUT2D eigenvalue weighted by atomic mass is 10.0. The number of rotatable bonds is 7. The van der Waals surface area contributed by atoms with Crippen LogP contribution in [0.4, 0.5) is 0 Å². The van der Waals surface area contributed by atoms with E-state index in [1.807, 2.05) is 12.1 Å². The van der Waals surface area contributed by atoms with Crippen LogP contribution < -0.4 is 4.74 Å². The first kappa shape index (κ1) is 17.0. The molecule has 0 aliphatic heterocycles. The van der Waals surface area contributed by atoms with E-state index in [-0.39, 0.29) is 6.61 Å². The van der Waals surface area contributed by atoms with Gasteiger partial charge < -0.3 is 14.9 Å². The van der Waals surface area contributed by atoms with E-state index in [1.165, 1.54) is 5.56 Å². The highest BCUT2D eigenvalue weighted by Crippen LogP contribution is 2.24. The zero-order valence-corrected chi connectivity index (χ0v) is 13.5. The van der Waals surface area contributed by atoms with Crippen LogP contribution in [0.2, 0.25) is 0 Å². The van der Waals surface area contributed by atoms with Gasteiger partial charge in [-0.2, -0.15) is 0 Å². The Kier molecular flexibility index (Phi) is 5.77. The lowest BCUT2D eigenvalue weighted by Crippen LogP contribution is -2.13. The monoisotopic (exact) mass is 314 g/mol. The van der Waals surface area contributed by atoms with Crippen molar-refractivity contribution in [1.29, 1.82) is 0 Å². The molecule has 2 aromatic rings. The third-order valence-electron chi connectivity index (χ3n) is 3.88. The zero-order chi connectivity index (χ0) is 16.8. The molecule has 4 nitrogen and oxygen atoms in total. The van der Waals surface area contributed by atoms with E-state index in [0.717, 1.165) is 24.2 Å². The van der Waals surface area contributed by atoms with Crippen molar-refractivity contribution < 1.29 is 19.7 Å². The van der Waals surface area contributed by atoms with Gasteiger partial charge in [-0.05, 0) is 41.2 Å². The highest BCUT2D eigenvalue weighted by molar-refractivity contribution is 5.74. The molecule has 0 saturated heterocycles. The summed E-state index contributed by atoms with van der Waals surface area (Å²) in [5, 5.41) is 18.8. The summed E-state index contributed by atoms with van der Waals surface area (Å²) in [5.41, 5.74) is 3.42. The topological polar surface area (TPSA) is 66.8 Å². The molecule has 0 heterocycles. The minimum Gasteiger partial charge on any atom is -0.489 e. The van der Waals surface area contributed by atoms with Crippen molar-refractivity contribution >= 4 is 5.97 Å². The Morgan fingerprint density at radius 3 is 2.48 bits per heavy atom. The minimum absolute atomic E-state index is 0.221. The first-order valence-electron chi connectivity index (χ1n) is 7.80. The van der Waals surface area contributed by atoms with Gasteiger partial charge in [-0.25, -0.2) is 4.79 Å². The standard InChI is InChI=1S/C19H22O4/c1-3-13-9-10-17(14(4-2)11-13)23-12-15-7-5-6-8-16(15)18(20)19(21)22/h5-11,18,20H,3-4,12H2,1-2H3,(H,21,22). The van der Waals surface area contributed by atoms with Gasteiger partial charge in [-0.3, -0.25) is 0 Å². The molecule has 2 N–H and O–H groups in total. The number of ether oxygens (including phenoxy) is 1. The summed E-state index contributed by atoms with van der Waals surface area (Å²) in [5.74, 6) is -0.469. The predicted molar refractivity (Wildman–Crippen MR) is 88.6 cm³/mol. The number of aliphatic carboxylic acids is 1. The molecule has 2 rings (SSSR count). The Morgan fingerprint density at radius 1 is 1.09 bits per heavy atom. The molecule has 0 radical (unpaired) electrons. The van der Waals surface area contributed by atoms with E-state index in [0.29, 0.717) is 11.1 Å². The number of hydrogen-bond donors (Lipinski definition) is 2. The predicted octanol–water partition coefficient (Wildman–Crippen LogP) is 3.51. The summed E-state index contributed by atoms with van der Waals surface area (Å²) in [6.45, 7) is 4.40. The third-order valence-corrected chi connectivity index (χ3v) is 3.88. The van der Waals surface area contributed by atoms with E-state index >= 15 is 0 Å². The van der Waals surface area contributed by atoms with Crippen molar-refractivity contribution in [2.24, 2.45) is 0 Å². The van der Waals surface area contributed by atoms with Crippen molar-refractivity contribution in [3.05, 3.63) is 64.7 Å². The number of carboxylic acids is 1. The molecule has 23 heavy (non-hydrogen) atoms. The number of carboxylic acid groups (broad SMARTS) is 1. The third kappa shape index (κ3) is 4.11. The van der Waals surface area contributed by atoms with E-state index in [9.17, 15) is 9.90 Å². The number of aryl methyl sites for hydroxylation is 2. The Labute approximate surface area is 136 Å². The van der Waals surface area contributed by atoms with E-state index in [2.05, 4.69) is 19.9 Å². The molecule has 1 unspecified atom stereocenters. The van der Waals surface area contributed by atoms with E-state index < -0.39 is 12.1 Å². The fourth-order valence-electron chi connectivity index (χ4n) is 2.49. The Morgan fingerprint density at radius 2 is 1.83 bits per heavy atom. The van der Waals surface area contributed by atoms with Gasteiger partial charge >= 0.3 is 5.97 Å². The van der Waals surface area contributed by atoms with Gasteiger partial charge in [0.25, 0.3) is 0 Å². The Balaban J connectivity index is 2.20. The minimum atomic E-state index is -1.54. The lowest BCUT2D eigenvalue weighted by Gasteiger charge is -2.15. The number of aliphatic hydroxyl groups is 1. The summed E-state index contributed by atoms with van der Waals surface area (Å²) < 4.78 is 5.88. The van der Waals surface area contributed by atoms with Crippen LogP contribution in [-0.4, -0.2) is 16.2 Å². The van der Waals surface area contributed by atoms with E-state index in [1.54, 1.807) is 24.3 Å². The fraction of sp³-hybridized carbons (Fsp3) is 0.316. The molecule has 2 aromatic carbocycles. The first-order chi connectivity index (χ1) is 11.1. The molecule has 0 spiro atoms. The summed E-state index contributed by atoms with van der Waals surface area (Å²) in [6, 6.07) is 13.0. The van der Waals surface area contributed by atoms with Gasteiger partial charge in [0.1, 0.15) is 12.4 Å². The smallest absolute Gasteiger partial charge is 0.337 e. The van der Waals surface area contributed by atoms with Gasteiger partial charge in [-0.1, -0.05) is 50.2 Å². The zero-order valence-electron chi connectivity index (χ0n) is 13.5. The SMILES string of the molecule is CCc1ccc(OCc2ccccc2C(O)C(=O)O)c(CC)c1. The van der Waals surface area contributed by atoms with Gasteiger partial charge in [0.2, 0.25) is 0 Å². The molecule has 1 atom stereocenters. The quantitative estimate of drug-likeness (QED) is 0.821. The number of hydrogen-bond acceptors (Lipinski definition) is 3. The molecule has 122 valence electrons. The van der Waals surface area contributed by atoms with Gasteiger partial charge in [0.05, 0.1) is 0 Å². The van der Waals surface area contributed by atoms with Crippen LogP contribution in [0.5, 0.6) is 5.75 Å². The molecular formula is C19H22O4. The Hall–Kier alpha value is -2.33. The molecular weight excluding hydrogens is 292 g/mol. The van der Waals surface area contributed by atoms with Gasteiger partial charge in [-0.15, -0.1) is 0 Å². The van der Waals surface area contributed by atoms with Crippen LogP contribution in [0.15, 0.2) is 42.5 Å². The summed E-state index contributed by atoms with van der Waals surface area (Å²) >= 11 is 0. The van der Waals surface area contributed by atoms with E-state index in [4.69, 9.17) is 9.84 Å². The molecule has 4 heteroatoms. The van der Waals surface area contributed by atoms with Crippen molar-refractivity contribution in [2.75, 3.05) is 0 Å². The number of aliphatic hydroxyl groups excluding tert-OH is 1. The maximum Gasteiger partial charge on any atom is 0.337 e. The van der Waals surface area contributed by atoms with Crippen molar-refractivity contribution in [2.45, 2.75) is 39.4 Å². The van der Waals surface area contributed by atoms with Crippen molar-refractivity contribution in [1.82, 2.24) is 0 Å². The van der Waals surface area contributed by atoms with Gasteiger partial charge in [0, 0.05) is 0 Å². The molecule has 0 amide bonds. The summed E-state index contributed by atoms with van der Waals surface area (Å²) in [4.78, 5) is 11.0. The molecule has 0 aliphatic rings. The molecule has 0 aliphatic carbocycles. The normalized spacial score (nSPS) is 12.0. The highest BCUT2D eigenvalue weighted by Gasteiger charge is 2.19. The van der Waals surface area contributed by atoms with Crippen LogP contribution in [-0.2, 0) is 24.2 Å². The summed E-state index contributed by atoms with van der Waals surface area (Å²) in [6.07, 6.45) is 0.298. The van der Waals surface area contributed by atoms with Crippen LogP contribution in [0, 0.1) is 0 Å². The van der Waals surface area contributed by atoms with Crippen LogP contribution in [0.25, 0.3) is 0 Å². The second-order valence-electron chi connectivity index (χ2n) is 5.38. The molecule has 0 fully saturated rings. The molecule has 0 aromatic heterocycles. The van der Waals surface area contributed by atoms with Crippen molar-refractivity contribution in [3.63, 3.8) is 0 Å².